The van der Waals surface area contributed by atoms with Crippen molar-refractivity contribution in [3.63, 3.8) is 0 Å². The predicted octanol–water partition coefficient (Wildman–Crippen LogP) is 6.42. The molecule has 0 N–H and O–H groups in total. The number of hydrogen-bond acceptors (Lipinski definition) is 12. The largest absolute Gasteiger partial charge is 0.269 e. The smallest absolute Gasteiger partial charge is 0.261 e. The molecule has 31 rings (SSSR count). The van der Waals surface area contributed by atoms with E-state index in [9.17, 15) is 38.4 Å². The molecule has 20 aliphatic rings. The Morgan fingerprint density at radius 1 is 0.237 bits per heavy atom. The third-order valence-corrected chi connectivity index (χ3v) is 19.7. The van der Waals surface area contributed by atoms with E-state index in [0.717, 1.165) is 18.3 Å². The Labute approximate surface area is 446 Å². The second-order valence-corrected chi connectivity index (χ2v) is 23.2. The van der Waals surface area contributed by atoms with Crippen molar-refractivity contribution in [1.29, 1.82) is 0 Å². The maximum Gasteiger partial charge on any atom is 0.261 e. The fraction of sp³-hybridized carbons (Fsp3) is 0.290. The van der Waals surface area contributed by atoms with Crippen LogP contribution in [0.25, 0.3) is 86.2 Å². The molecule has 0 spiro atoms. The van der Waals surface area contributed by atoms with Gasteiger partial charge in [0.25, 0.3) is 68.1 Å². The van der Waals surface area contributed by atoms with Crippen LogP contribution in [0, 0.1) is 0 Å². The van der Waals surface area contributed by atoms with Gasteiger partial charge in [0.15, 0.2) is 0 Å². The van der Waals surface area contributed by atoms with Crippen LogP contribution < -0.4 is 44.5 Å². The second kappa shape index (κ2) is 15.3. The van der Waals surface area contributed by atoms with Crippen molar-refractivity contribution < 1.29 is 19.2 Å². The van der Waals surface area contributed by atoms with E-state index in [2.05, 4.69) is 0 Å². The molecule has 4 aromatic heterocycles. The SMILES string of the molecule is O=C1c2ccc3c4ccc5c6c7ccc(c8ccc(c2c38)C(=O)N1[C@@H]1CCCC[C@H]1n1c(=O)c2cc3c(=O)n(c(=O)c3cc2c1=O)C1CCCC[C@H]1n1c(=O)c2cc3c(=O)n(c(=O)c3cc2c1=O)[C@@H]1CCCC[C@H]1N(C5=O)C7=O)c64. The molecule has 392 valence electrons. The van der Waals surface area contributed by atoms with Gasteiger partial charge in [-0.15, -0.1) is 0 Å². The van der Waals surface area contributed by atoms with Gasteiger partial charge in [0, 0.05) is 33.0 Å². The van der Waals surface area contributed by atoms with Crippen molar-refractivity contribution >= 4 is 110 Å². The number of nitrogens with zero attached hydrogens (tertiary/aromatic N) is 6. The Bertz CT molecular complexity index is 4720. The van der Waals surface area contributed by atoms with Crippen LogP contribution in [0.1, 0.15) is 143 Å². The molecule has 6 atom stereocenters. The number of amides is 4. The van der Waals surface area contributed by atoms with Crippen LogP contribution >= 0.6 is 0 Å². The number of imide groups is 2. The molecule has 17 aliphatic heterocycles. The molecule has 18 nitrogen and oxygen atoms in total. The molecule has 18 heteroatoms. The summed E-state index contributed by atoms with van der Waals surface area (Å²) in [5, 5.41) is 3.83. The van der Waals surface area contributed by atoms with Gasteiger partial charge in [0.1, 0.15) is 0 Å². The lowest BCUT2D eigenvalue weighted by Crippen LogP contribution is -2.53. The van der Waals surface area contributed by atoms with E-state index >= 15 is 19.2 Å². The summed E-state index contributed by atoms with van der Waals surface area (Å²) in [6.45, 7) is 0. The van der Waals surface area contributed by atoms with Gasteiger partial charge in [0.2, 0.25) is 0 Å². The molecule has 3 aliphatic carbocycles. The third kappa shape index (κ3) is 5.30. The number of rotatable bonds is 0. The van der Waals surface area contributed by atoms with Crippen molar-refractivity contribution in [2.24, 2.45) is 0 Å². The minimum atomic E-state index is -1.02. The highest BCUT2D eigenvalue weighted by Crippen LogP contribution is 2.48. The summed E-state index contributed by atoms with van der Waals surface area (Å²) in [7, 11) is 0. The zero-order valence-corrected chi connectivity index (χ0v) is 42.5. The number of aromatic nitrogens is 4. The minimum absolute atomic E-state index is 0.116. The number of benzene rings is 7. The molecule has 7 aromatic carbocycles. The van der Waals surface area contributed by atoms with E-state index in [1.807, 2.05) is 0 Å². The van der Waals surface area contributed by atoms with Crippen LogP contribution in [0.5, 0.6) is 0 Å². The van der Waals surface area contributed by atoms with Crippen LogP contribution in [-0.4, -0.2) is 63.8 Å². The van der Waals surface area contributed by atoms with Gasteiger partial charge in [-0.2, -0.15) is 0 Å². The fourth-order valence-electron chi connectivity index (χ4n) is 16.2. The van der Waals surface area contributed by atoms with Gasteiger partial charge in [0.05, 0.1) is 79.3 Å². The Kier molecular flexibility index (Phi) is 8.72. The minimum Gasteiger partial charge on any atom is -0.269 e. The Balaban J connectivity index is 0.922. The molecule has 0 saturated heterocycles. The van der Waals surface area contributed by atoms with Crippen molar-refractivity contribution in [1.82, 2.24) is 28.1 Å². The Hall–Kier alpha value is -9.32. The Morgan fingerprint density at radius 3 is 0.662 bits per heavy atom. The molecule has 3 saturated carbocycles. The second-order valence-electron chi connectivity index (χ2n) is 23.2. The molecule has 4 amide bonds. The lowest BCUT2D eigenvalue weighted by molar-refractivity contribution is 0.0418. The number of hydrogen-bond donors (Lipinski definition) is 0. The maximum atomic E-state index is 15.1. The standard InChI is InChI=1S/C62H42N6O12/c69-51-29-17-13-25-27-15-19-31-50-32-20-16-28(48(27)50)26-14-18-30(49(29)47(25)26)52(70)63(51)41-7-1-3-9-43(41)65-55(73)33-21-37-38(22-34(33)56(65)74)60(78)67(59(37)77)45-11-5-6-12-46(45)68-61(79)39-23-35-36(24-40(39)62(68)80)58(76)66(57(35)75)44-10-4-2-8-42(44)64(53(31)71)54(32)72/h13-24,41-46H,1-12H2/t41-,42-,43-,44-,45-,46?/m1/s1. The monoisotopic (exact) mass is 1060 g/mol. The lowest BCUT2D eigenvalue weighted by atomic mass is 9.80. The van der Waals surface area contributed by atoms with Crippen LogP contribution in [0.15, 0.2) is 111 Å². The lowest BCUT2D eigenvalue weighted by Gasteiger charge is -2.41. The van der Waals surface area contributed by atoms with Crippen molar-refractivity contribution in [2.75, 3.05) is 0 Å². The number of carbonyl (C=O) groups excluding carboxylic acids is 4. The molecule has 3 fully saturated rings. The van der Waals surface area contributed by atoms with Crippen LogP contribution in [0.2, 0.25) is 0 Å². The van der Waals surface area contributed by atoms with E-state index in [4.69, 9.17) is 0 Å². The van der Waals surface area contributed by atoms with Gasteiger partial charge < -0.3 is 0 Å². The average molecular weight is 1060 g/mol. The normalized spacial score (nSPS) is 23.1. The number of carbonyl (C=O) groups is 4. The van der Waals surface area contributed by atoms with Crippen molar-refractivity contribution in [3.8, 4) is 0 Å². The van der Waals surface area contributed by atoms with Gasteiger partial charge in [-0.25, -0.2) is 0 Å². The molecular formula is C62H42N6O12. The summed E-state index contributed by atoms with van der Waals surface area (Å²) in [6.07, 6.45) is 4.91. The van der Waals surface area contributed by atoms with Crippen LogP contribution in [0.3, 0.4) is 0 Å². The van der Waals surface area contributed by atoms with Gasteiger partial charge >= 0.3 is 0 Å². The van der Waals surface area contributed by atoms with E-state index in [-0.39, 0.29) is 104 Å². The summed E-state index contributed by atoms with van der Waals surface area (Å²) in [6, 6.07) is 13.1. The molecule has 11 aromatic rings. The molecule has 21 heterocycles. The first kappa shape index (κ1) is 45.7. The summed E-state index contributed by atoms with van der Waals surface area (Å²) in [5.74, 6) is -2.39. The van der Waals surface area contributed by atoms with Crippen LogP contribution in [-0.2, 0) is 0 Å². The Morgan fingerprint density at radius 2 is 0.438 bits per heavy atom. The van der Waals surface area contributed by atoms with Crippen molar-refractivity contribution in [2.45, 2.75) is 113 Å². The van der Waals surface area contributed by atoms with E-state index in [0.29, 0.717) is 81.6 Å². The molecule has 80 heavy (non-hydrogen) atoms. The first-order valence-electron chi connectivity index (χ1n) is 27.6. The zero-order chi connectivity index (χ0) is 54.4. The van der Waals surface area contributed by atoms with Crippen LogP contribution in [0.4, 0.5) is 0 Å². The van der Waals surface area contributed by atoms with E-state index < -0.39 is 104 Å². The van der Waals surface area contributed by atoms with Gasteiger partial charge in [-0.1, -0.05) is 62.8 Å². The summed E-state index contributed by atoms with van der Waals surface area (Å²) in [4.78, 5) is 181. The summed E-state index contributed by atoms with van der Waals surface area (Å²) in [5.41, 5.74) is -5.09. The molecule has 26 bridgehead atoms. The first-order valence-corrected chi connectivity index (χ1v) is 27.6. The predicted molar refractivity (Wildman–Crippen MR) is 298 cm³/mol. The molecular weight excluding hydrogens is 1020 g/mol. The van der Waals surface area contributed by atoms with Gasteiger partial charge in [-0.3, -0.25) is 85.6 Å². The van der Waals surface area contributed by atoms with E-state index in [1.54, 1.807) is 48.5 Å². The fourth-order valence-corrected chi connectivity index (χ4v) is 16.2. The first-order chi connectivity index (χ1) is 38.7. The summed E-state index contributed by atoms with van der Waals surface area (Å²) >= 11 is 0. The quantitative estimate of drug-likeness (QED) is 0.0910. The van der Waals surface area contributed by atoms with E-state index in [1.165, 1.54) is 34.1 Å². The maximum absolute atomic E-state index is 15.1. The topological polar surface area (TPSA) is 231 Å². The van der Waals surface area contributed by atoms with Gasteiger partial charge in [-0.05, 0) is 119 Å². The molecule has 1 unspecified atom stereocenters. The molecule has 0 radical (unpaired) electrons. The highest BCUT2D eigenvalue weighted by atomic mass is 16.2. The highest BCUT2D eigenvalue weighted by Gasteiger charge is 2.47. The average Bonchev–Trinajstić information content (AvgIpc) is 4.19. The van der Waals surface area contributed by atoms with Crippen molar-refractivity contribution in [3.05, 3.63) is 178 Å². The highest BCUT2D eigenvalue weighted by molar-refractivity contribution is 6.41. The third-order valence-electron chi connectivity index (χ3n) is 19.7. The summed E-state index contributed by atoms with van der Waals surface area (Å²) < 4.78 is 4.16. The zero-order valence-electron chi connectivity index (χ0n) is 42.5.